The van der Waals surface area contributed by atoms with Crippen molar-refractivity contribution < 1.29 is 4.52 Å². The second-order valence-electron chi connectivity index (χ2n) is 3.91. The summed E-state index contributed by atoms with van der Waals surface area (Å²) in [6, 6.07) is 6.33. The number of benzene rings is 1. The molecule has 0 spiro atoms. The highest BCUT2D eigenvalue weighted by Gasteiger charge is 2.10. The van der Waals surface area contributed by atoms with E-state index in [2.05, 4.69) is 44.1 Å². The van der Waals surface area contributed by atoms with Crippen LogP contribution in [0.2, 0.25) is 0 Å². The summed E-state index contributed by atoms with van der Waals surface area (Å²) in [6.07, 6.45) is 1.04. The molecule has 2 nitrogen and oxygen atoms in total. The molecule has 0 bridgehead atoms. The zero-order valence-corrected chi connectivity index (χ0v) is 10.9. The standard InChI is InChI=1S/C12H15NO.C2H6/c1-4-9-5-6-10-11(7-9)14-13-12(10)8(2)3;1-2/h5-8H,4H2,1-3H3;1-2H3. The highest BCUT2D eigenvalue weighted by atomic mass is 16.5. The van der Waals surface area contributed by atoms with E-state index in [1.54, 1.807) is 0 Å². The number of aromatic nitrogens is 1. The van der Waals surface area contributed by atoms with E-state index in [0.29, 0.717) is 5.92 Å². The summed E-state index contributed by atoms with van der Waals surface area (Å²) in [5, 5.41) is 5.25. The van der Waals surface area contributed by atoms with Gasteiger partial charge in [-0.15, -0.1) is 0 Å². The maximum Gasteiger partial charge on any atom is 0.167 e. The Bertz CT molecular complexity index is 443. The van der Waals surface area contributed by atoms with Gasteiger partial charge in [0.05, 0.1) is 5.69 Å². The highest BCUT2D eigenvalue weighted by molar-refractivity contribution is 5.80. The fourth-order valence-corrected chi connectivity index (χ4v) is 1.64. The maximum atomic E-state index is 5.30. The van der Waals surface area contributed by atoms with Gasteiger partial charge in [0.25, 0.3) is 0 Å². The monoisotopic (exact) mass is 219 g/mol. The van der Waals surface area contributed by atoms with Gasteiger partial charge in [0, 0.05) is 5.39 Å². The van der Waals surface area contributed by atoms with E-state index in [4.69, 9.17) is 4.52 Å². The van der Waals surface area contributed by atoms with Crippen LogP contribution in [-0.4, -0.2) is 5.16 Å². The SMILES string of the molecule is CC.CCc1ccc2c(C(C)C)noc2c1. The van der Waals surface area contributed by atoms with Crippen LogP contribution in [0.4, 0.5) is 0 Å². The Morgan fingerprint density at radius 3 is 2.50 bits per heavy atom. The third-order valence-electron chi connectivity index (χ3n) is 2.52. The minimum Gasteiger partial charge on any atom is -0.356 e. The molecule has 1 heterocycles. The molecule has 0 aliphatic carbocycles. The van der Waals surface area contributed by atoms with Crippen molar-refractivity contribution in [2.24, 2.45) is 0 Å². The highest BCUT2D eigenvalue weighted by Crippen LogP contribution is 2.25. The minimum absolute atomic E-state index is 0.420. The molecule has 0 N–H and O–H groups in total. The largest absolute Gasteiger partial charge is 0.356 e. The third-order valence-corrected chi connectivity index (χ3v) is 2.52. The Morgan fingerprint density at radius 1 is 1.25 bits per heavy atom. The number of fused-ring (bicyclic) bond motifs is 1. The molecule has 16 heavy (non-hydrogen) atoms. The lowest BCUT2D eigenvalue weighted by Crippen LogP contribution is -1.87. The van der Waals surface area contributed by atoms with Crippen LogP contribution in [0.3, 0.4) is 0 Å². The molecule has 0 saturated carbocycles. The Balaban J connectivity index is 0.000000606. The lowest BCUT2D eigenvalue weighted by molar-refractivity contribution is 0.441. The van der Waals surface area contributed by atoms with E-state index in [-0.39, 0.29) is 0 Å². The van der Waals surface area contributed by atoms with Crippen molar-refractivity contribution in [3.63, 3.8) is 0 Å². The molecule has 0 atom stereocenters. The lowest BCUT2D eigenvalue weighted by Gasteiger charge is -1.99. The fraction of sp³-hybridized carbons (Fsp3) is 0.500. The van der Waals surface area contributed by atoms with Crippen LogP contribution in [0.25, 0.3) is 11.0 Å². The summed E-state index contributed by atoms with van der Waals surface area (Å²) >= 11 is 0. The number of aryl methyl sites for hydroxylation is 1. The van der Waals surface area contributed by atoms with Gasteiger partial charge in [-0.3, -0.25) is 0 Å². The molecule has 2 aromatic rings. The first-order chi connectivity index (χ1) is 7.72. The molecule has 1 aromatic heterocycles. The van der Waals surface area contributed by atoms with E-state index >= 15 is 0 Å². The summed E-state index contributed by atoms with van der Waals surface area (Å²) in [6.45, 7) is 10.4. The summed E-state index contributed by atoms with van der Waals surface area (Å²) < 4.78 is 5.30. The Hall–Kier alpha value is -1.31. The first kappa shape index (κ1) is 12.8. The molecule has 2 rings (SSSR count). The predicted octanol–water partition coefficient (Wildman–Crippen LogP) is 4.54. The Labute approximate surface area is 97.6 Å². The van der Waals surface area contributed by atoms with Crippen molar-refractivity contribution in [1.29, 1.82) is 0 Å². The molecular weight excluding hydrogens is 198 g/mol. The molecular formula is C14H21NO. The minimum atomic E-state index is 0.420. The lowest BCUT2D eigenvalue weighted by atomic mass is 10.0. The molecule has 2 heteroatoms. The van der Waals surface area contributed by atoms with E-state index in [1.165, 1.54) is 5.56 Å². The van der Waals surface area contributed by atoms with E-state index in [0.717, 1.165) is 23.1 Å². The maximum absolute atomic E-state index is 5.30. The Kier molecular flexibility index (Phi) is 4.53. The van der Waals surface area contributed by atoms with Gasteiger partial charge in [-0.1, -0.05) is 45.8 Å². The summed E-state index contributed by atoms with van der Waals surface area (Å²) in [5.74, 6) is 0.420. The third kappa shape index (κ3) is 2.43. The molecule has 0 unspecified atom stereocenters. The number of nitrogens with zero attached hydrogens (tertiary/aromatic N) is 1. The van der Waals surface area contributed by atoms with E-state index in [1.807, 2.05) is 13.8 Å². The number of hydrogen-bond acceptors (Lipinski definition) is 2. The van der Waals surface area contributed by atoms with E-state index in [9.17, 15) is 0 Å². The van der Waals surface area contributed by atoms with Gasteiger partial charge < -0.3 is 4.52 Å². The van der Waals surface area contributed by atoms with Crippen LogP contribution >= 0.6 is 0 Å². The number of rotatable bonds is 2. The van der Waals surface area contributed by atoms with Crippen LogP contribution in [0.1, 0.15) is 51.8 Å². The second kappa shape index (κ2) is 5.69. The van der Waals surface area contributed by atoms with Crippen LogP contribution < -0.4 is 0 Å². The summed E-state index contributed by atoms with van der Waals surface area (Å²) in [7, 11) is 0. The zero-order chi connectivity index (χ0) is 12.1. The fourth-order valence-electron chi connectivity index (χ4n) is 1.64. The van der Waals surface area contributed by atoms with Gasteiger partial charge in [-0.05, 0) is 30.0 Å². The number of hydrogen-bond donors (Lipinski definition) is 0. The van der Waals surface area contributed by atoms with Crippen molar-refractivity contribution in [3.05, 3.63) is 29.5 Å². The normalized spacial score (nSPS) is 10.4. The summed E-state index contributed by atoms with van der Waals surface area (Å²) in [4.78, 5) is 0. The first-order valence-electron chi connectivity index (χ1n) is 6.10. The van der Waals surface area contributed by atoms with Crippen molar-refractivity contribution in [2.45, 2.75) is 47.0 Å². The van der Waals surface area contributed by atoms with Gasteiger partial charge in [-0.2, -0.15) is 0 Å². The molecule has 88 valence electrons. The van der Waals surface area contributed by atoms with Gasteiger partial charge in [0.1, 0.15) is 0 Å². The van der Waals surface area contributed by atoms with Gasteiger partial charge in [0.15, 0.2) is 5.58 Å². The molecule has 0 aliphatic heterocycles. The average molecular weight is 219 g/mol. The van der Waals surface area contributed by atoms with Crippen molar-refractivity contribution in [3.8, 4) is 0 Å². The van der Waals surface area contributed by atoms with Crippen LogP contribution in [0.15, 0.2) is 22.7 Å². The van der Waals surface area contributed by atoms with Crippen LogP contribution in [0, 0.1) is 0 Å². The average Bonchev–Trinajstić information content (AvgIpc) is 2.74. The first-order valence-corrected chi connectivity index (χ1v) is 6.10. The second-order valence-corrected chi connectivity index (χ2v) is 3.91. The Morgan fingerprint density at radius 2 is 1.94 bits per heavy atom. The molecule has 0 fully saturated rings. The smallest absolute Gasteiger partial charge is 0.167 e. The molecule has 1 aromatic carbocycles. The topological polar surface area (TPSA) is 26.0 Å². The van der Waals surface area contributed by atoms with Crippen molar-refractivity contribution in [1.82, 2.24) is 5.16 Å². The molecule has 0 radical (unpaired) electrons. The van der Waals surface area contributed by atoms with Gasteiger partial charge in [0.2, 0.25) is 0 Å². The molecule has 0 saturated heterocycles. The van der Waals surface area contributed by atoms with Crippen molar-refractivity contribution >= 4 is 11.0 Å². The molecule has 0 amide bonds. The van der Waals surface area contributed by atoms with Gasteiger partial charge >= 0.3 is 0 Å². The predicted molar refractivity (Wildman–Crippen MR) is 68.8 cm³/mol. The zero-order valence-electron chi connectivity index (χ0n) is 10.9. The van der Waals surface area contributed by atoms with Crippen molar-refractivity contribution in [2.75, 3.05) is 0 Å². The quantitative estimate of drug-likeness (QED) is 0.741. The van der Waals surface area contributed by atoms with Crippen LogP contribution in [0.5, 0.6) is 0 Å². The summed E-state index contributed by atoms with van der Waals surface area (Å²) in [5.41, 5.74) is 3.26. The van der Waals surface area contributed by atoms with Gasteiger partial charge in [-0.25, -0.2) is 0 Å². The molecule has 0 aliphatic rings. The van der Waals surface area contributed by atoms with E-state index < -0.39 is 0 Å². The van der Waals surface area contributed by atoms with Crippen LogP contribution in [-0.2, 0) is 6.42 Å².